The van der Waals surface area contributed by atoms with Crippen LogP contribution in [-0.4, -0.2) is 44.6 Å². The summed E-state index contributed by atoms with van der Waals surface area (Å²) < 4.78 is 95.7. The van der Waals surface area contributed by atoms with E-state index in [1.165, 1.54) is 32.4 Å². The first-order valence-corrected chi connectivity index (χ1v) is 23.3. The van der Waals surface area contributed by atoms with Crippen LogP contribution in [0.3, 0.4) is 0 Å². The number of para-hydroxylation sites is 1. The highest BCUT2D eigenvalue weighted by Crippen LogP contribution is 2.50. The SMILES string of the molecule is COc1cccc(P(N)(=O)O)c1OC.Cc1ccc(P(N)(=O)O)cc1.NP(=O)(O)C(F)(F)F.NP(=O)(O)Cc1ccccc1.NP(=O)(O)c1ccccc1. The number of benzene rings is 4. The molecule has 4 rings (SSSR count). The Morgan fingerprint density at radius 2 is 0.981 bits per heavy atom. The van der Waals surface area contributed by atoms with Gasteiger partial charge in [-0.3, -0.25) is 50.3 Å². The molecule has 17 nitrogen and oxygen atoms in total. The van der Waals surface area contributed by atoms with Crippen molar-refractivity contribution in [3.63, 3.8) is 0 Å². The van der Waals surface area contributed by atoms with Crippen molar-refractivity contribution in [1.29, 1.82) is 0 Å². The Bertz CT molecular complexity index is 1970. The molecule has 0 saturated heterocycles. The van der Waals surface area contributed by atoms with Crippen LogP contribution in [-0.2, 0) is 29.0 Å². The van der Waals surface area contributed by atoms with E-state index in [9.17, 15) is 40.9 Å². The first-order chi connectivity index (χ1) is 24.4. The highest BCUT2D eigenvalue weighted by molar-refractivity contribution is 7.64. The zero-order valence-electron chi connectivity index (χ0n) is 28.9. The van der Waals surface area contributed by atoms with Crippen molar-refractivity contribution in [3.05, 3.63) is 114 Å². The van der Waals surface area contributed by atoms with Crippen molar-refractivity contribution in [3.8, 4) is 11.5 Å². The highest BCUT2D eigenvalue weighted by Gasteiger charge is 2.47. The second-order valence-electron chi connectivity index (χ2n) is 10.5. The largest absolute Gasteiger partial charge is 0.493 e. The van der Waals surface area contributed by atoms with Gasteiger partial charge >= 0.3 is 13.4 Å². The van der Waals surface area contributed by atoms with E-state index in [4.69, 9.17) is 51.1 Å². The summed E-state index contributed by atoms with van der Waals surface area (Å²) in [6.07, 6.45) is 0.0494. The number of halogens is 3. The molecule has 0 aromatic heterocycles. The predicted molar refractivity (Wildman–Crippen MR) is 202 cm³/mol. The molecule has 5 unspecified atom stereocenters. The zero-order chi connectivity index (χ0) is 42.2. The fourth-order valence-corrected chi connectivity index (χ4v) is 6.07. The van der Waals surface area contributed by atoms with Crippen molar-refractivity contribution >= 4 is 53.5 Å². The van der Waals surface area contributed by atoms with Gasteiger partial charge in [0.15, 0.2) is 11.5 Å². The molecular weight excluding hydrogens is 822 g/mol. The summed E-state index contributed by atoms with van der Waals surface area (Å²) in [6.45, 7) is 1.91. The van der Waals surface area contributed by atoms with Gasteiger partial charge in [0, 0.05) is 0 Å². The minimum Gasteiger partial charge on any atom is -0.493 e. The van der Waals surface area contributed by atoms with Crippen LogP contribution in [0.25, 0.3) is 0 Å². The van der Waals surface area contributed by atoms with Crippen molar-refractivity contribution < 1.29 is 69.9 Å². The lowest BCUT2D eigenvalue weighted by atomic mass is 10.2. The summed E-state index contributed by atoms with van der Waals surface area (Å²) in [5.74, 6) is -4.60. The molecule has 25 heteroatoms. The molecule has 4 aromatic rings. The number of ether oxygens (including phenoxy) is 2. The van der Waals surface area contributed by atoms with Gasteiger partial charge in [0.2, 0.25) is 0 Å². The normalized spacial score (nSPS) is 16.2. The molecule has 54 heavy (non-hydrogen) atoms. The molecule has 15 N–H and O–H groups in total. The second kappa shape index (κ2) is 21.9. The van der Waals surface area contributed by atoms with Gasteiger partial charge in [-0.15, -0.1) is 0 Å². The number of alkyl halides is 3. The molecule has 4 aromatic carbocycles. The number of nitrogens with two attached hydrogens (primary N) is 5. The Hall–Kier alpha value is -2.98. The van der Waals surface area contributed by atoms with Gasteiger partial charge in [-0.25, -0.2) is 0 Å². The van der Waals surface area contributed by atoms with E-state index in [0.29, 0.717) is 11.1 Å². The van der Waals surface area contributed by atoms with Crippen LogP contribution in [0.4, 0.5) is 13.2 Å². The Balaban J connectivity index is 0.000000658. The predicted octanol–water partition coefficient (Wildman–Crippen LogP) is 3.67. The molecule has 0 aliphatic rings. The first kappa shape index (κ1) is 51.0. The van der Waals surface area contributed by atoms with E-state index in [2.05, 4.69) is 5.50 Å². The molecule has 0 saturated carbocycles. The zero-order valence-corrected chi connectivity index (χ0v) is 33.3. The Labute approximate surface area is 309 Å². The fraction of sp³-hybridized carbons (Fsp3) is 0.172. The number of rotatable bonds is 7. The maximum absolute atomic E-state index is 11.3. The molecule has 0 amide bonds. The fourth-order valence-electron chi connectivity index (χ4n) is 3.37. The van der Waals surface area contributed by atoms with Crippen LogP contribution in [0.2, 0.25) is 0 Å². The topological polar surface area (TPSA) is 335 Å². The smallest absolute Gasteiger partial charge is 0.480 e. The average molecular weight is 866 g/mol. The maximum atomic E-state index is 11.3. The second-order valence-corrected chi connectivity index (χ2v) is 19.4. The molecule has 0 bridgehead atoms. The third-order valence-electron chi connectivity index (χ3n) is 5.87. The van der Waals surface area contributed by atoms with E-state index in [1.54, 1.807) is 66.7 Å². The number of aryl methyl sites for hydroxylation is 1. The number of hydrogen-bond acceptors (Lipinski definition) is 7. The van der Waals surface area contributed by atoms with Gasteiger partial charge in [0.05, 0.1) is 36.3 Å². The van der Waals surface area contributed by atoms with E-state index >= 15 is 0 Å². The van der Waals surface area contributed by atoms with E-state index in [-0.39, 0.29) is 22.5 Å². The van der Waals surface area contributed by atoms with Crippen molar-refractivity contribution in [1.82, 2.24) is 0 Å². The molecule has 0 fully saturated rings. The molecular formula is C29H43F3N5O12P5. The van der Waals surface area contributed by atoms with Crippen LogP contribution in [0.15, 0.2) is 103 Å². The quantitative estimate of drug-likeness (QED) is 0.118. The first-order valence-electron chi connectivity index (χ1n) is 14.4. The summed E-state index contributed by atoms with van der Waals surface area (Å²) in [5, 5.41) is 0.637. The Morgan fingerprint density at radius 3 is 1.30 bits per heavy atom. The minimum absolute atomic E-state index is 0.0494. The van der Waals surface area contributed by atoms with E-state index < -0.39 is 43.5 Å². The summed E-state index contributed by atoms with van der Waals surface area (Å²) >= 11 is 0. The lowest BCUT2D eigenvalue weighted by Crippen LogP contribution is -2.14. The highest BCUT2D eigenvalue weighted by atomic mass is 31.2. The Morgan fingerprint density at radius 1 is 0.574 bits per heavy atom. The van der Waals surface area contributed by atoms with Gasteiger partial charge < -0.3 is 33.9 Å². The van der Waals surface area contributed by atoms with Gasteiger partial charge in [0.1, 0.15) is 0 Å². The van der Waals surface area contributed by atoms with Crippen molar-refractivity contribution in [2.75, 3.05) is 14.2 Å². The molecule has 0 aliphatic carbocycles. The van der Waals surface area contributed by atoms with Gasteiger partial charge in [-0.2, -0.15) is 13.2 Å². The summed E-state index contributed by atoms with van der Waals surface area (Å²) in [4.78, 5) is 43.3. The van der Waals surface area contributed by atoms with Crippen LogP contribution < -0.4 is 52.9 Å². The van der Waals surface area contributed by atoms with Crippen molar-refractivity contribution in [2.24, 2.45) is 27.5 Å². The molecule has 0 radical (unpaired) electrons. The molecule has 0 aliphatic heterocycles. The third-order valence-corrected chi connectivity index (χ3v) is 10.5. The molecule has 0 heterocycles. The monoisotopic (exact) mass is 865 g/mol. The third kappa shape index (κ3) is 21.2. The summed E-state index contributed by atoms with van der Waals surface area (Å²) in [7, 11) is -16.8. The maximum Gasteiger partial charge on any atom is 0.480 e. The van der Waals surface area contributed by atoms with E-state index in [1.807, 2.05) is 25.1 Å². The summed E-state index contributed by atoms with van der Waals surface area (Å²) in [5.41, 5.74) is 25.7. The van der Waals surface area contributed by atoms with Gasteiger partial charge in [-0.1, -0.05) is 72.3 Å². The Kier molecular flexibility index (Phi) is 20.7. The van der Waals surface area contributed by atoms with Crippen LogP contribution >= 0.6 is 37.6 Å². The standard InChI is InChI=1S/C8H12NO4P.2C7H10NO2P.C6H8NO2P.CH3F3NO2P/c1-12-6-4-3-5-7(8(6)13-2)14(9,10)11;1-6-2-4-7(5-3-6)11(8,9)10;8-11(9,10)6-7-4-2-1-3-5-7;7-10(8,9)6-4-2-1-3-5-6;2-1(3,4)8(5,6)7/h3-5H,1-2H3,(H3,9,10,11);2-5H,1H3,(H3,8,9,10);1-5H,6H2,(H3,8,9,10);1-5H,(H3,7,8,9);(H3,5,6,7). The van der Waals surface area contributed by atoms with E-state index in [0.717, 1.165) is 11.1 Å². The minimum atomic E-state index is -5.35. The number of methoxy groups -OCH3 is 2. The average Bonchev–Trinajstić information content (AvgIpc) is 3.04. The molecule has 0 spiro atoms. The lowest BCUT2D eigenvalue weighted by molar-refractivity contribution is -0.0553. The molecule has 5 atom stereocenters. The lowest BCUT2D eigenvalue weighted by Gasteiger charge is -2.13. The van der Waals surface area contributed by atoms with Gasteiger partial charge in [-0.05, 0) is 48.9 Å². The van der Waals surface area contributed by atoms with Gasteiger partial charge in [0.25, 0.3) is 30.1 Å². The van der Waals surface area contributed by atoms with Crippen LogP contribution in [0.5, 0.6) is 11.5 Å². The molecule has 302 valence electrons. The van der Waals surface area contributed by atoms with Crippen LogP contribution in [0.1, 0.15) is 11.1 Å². The van der Waals surface area contributed by atoms with Crippen molar-refractivity contribution in [2.45, 2.75) is 19.0 Å². The summed E-state index contributed by atoms with van der Waals surface area (Å²) in [6, 6.07) is 28.5. The number of hydrogen-bond donors (Lipinski definition) is 10. The van der Waals surface area contributed by atoms with Crippen LogP contribution in [0, 0.1) is 6.92 Å².